The molecule has 126 valence electrons. The summed E-state index contributed by atoms with van der Waals surface area (Å²) >= 11 is 0. The van der Waals surface area contributed by atoms with E-state index in [1.807, 2.05) is 11.9 Å². The van der Waals surface area contributed by atoms with Gasteiger partial charge in [0.05, 0.1) is 18.0 Å². The molecule has 0 aliphatic carbocycles. The van der Waals surface area contributed by atoms with Crippen molar-refractivity contribution in [2.45, 2.75) is 18.5 Å². The Labute approximate surface area is 135 Å². The number of nitrogens with one attached hydrogen (secondary N) is 1. The summed E-state index contributed by atoms with van der Waals surface area (Å²) in [7, 11) is 2.04. The summed E-state index contributed by atoms with van der Waals surface area (Å²) in [5.74, 6) is -0.0245. The molecule has 23 heavy (non-hydrogen) atoms. The molecule has 1 N–H and O–H groups in total. The molecule has 4 aliphatic rings. The maximum atomic E-state index is 12.6. The standard InChI is InChI=1S/C15H23N5O3/c1-17-6-11(7-17)20-5-10(4-13(20)21)14(22)18-8-12(9-18)19-3-2-16-15(19)23/h10-12H,2-9H2,1H3,(H,16,23). The van der Waals surface area contributed by atoms with Crippen molar-refractivity contribution in [1.29, 1.82) is 0 Å². The van der Waals surface area contributed by atoms with Crippen molar-refractivity contribution < 1.29 is 14.4 Å². The lowest BCUT2D eigenvalue weighted by Gasteiger charge is -2.44. The Morgan fingerprint density at radius 1 is 1.04 bits per heavy atom. The van der Waals surface area contributed by atoms with Crippen LogP contribution in [-0.2, 0) is 9.59 Å². The van der Waals surface area contributed by atoms with Gasteiger partial charge < -0.3 is 24.9 Å². The Kier molecular flexibility index (Phi) is 3.44. The summed E-state index contributed by atoms with van der Waals surface area (Å²) in [6, 6.07) is 0.385. The van der Waals surface area contributed by atoms with Crippen LogP contribution in [0.5, 0.6) is 0 Å². The second-order valence-corrected chi connectivity index (χ2v) is 7.14. The van der Waals surface area contributed by atoms with Crippen molar-refractivity contribution in [1.82, 2.24) is 24.9 Å². The van der Waals surface area contributed by atoms with Gasteiger partial charge in [-0.3, -0.25) is 9.59 Å². The topological polar surface area (TPSA) is 76.2 Å². The summed E-state index contributed by atoms with van der Waals surface area (Å²) in [4.78, 5) is 44.0. The molecule has 0 spiro atoms. The molecule has 0 aromatic rings. The molecule has 4 aliphatic heterocycles. The number of carbonyl (C=O) groups excluding carboxylic acids is 3. The number of carbonyl (C=O) groups is 3. The van der Waals surface area contributed by atoms with Gasteiger partial charge in [0.25, 0.3) is 0 Å². The maximum Gasteiger partial charge on any atom is 0.317 e. The second kappa shape index (κ2) is 5.36. The van der Waals surface area contributed by atoms with Crippen LogP contribution >= 0.6 is 0 Å². The van der Waals surface area contributed by atoms with Gasteiger partial charge >= 0.3 is 6.03 Å². The minimum atomic E-state index is -0.207. The lowest BCUT2D eigenvalue weighted by Crippen LogP contribution is -2.63. The highest BCUT2D eigenvalue weighted by Gasteiger charge is 2.45. The Hall–Kier alpha value is -1.83. The van der Waals surface area contributed by atoms with Crippen LogP contribution in [0.25, 0.3) is 0 Å². The molecule has 0 bridgehead atoms. The molecule has 4 fully saturated rings. The van der Waals surface area contributed by atoms with E-state index in [-0.39, 0.29) is 35.8 Å². The quantitative estimate of drug-likeness (QED) is 0.678. The summed E-state index contributed by atoms with van der Waals surface area (Å²) in [6.45, 7) is 4.97. The molecule has 4 saturated heterocycles. The van der Waals surface area contributed by atoms with Crippen LogP contribution in [0.1, 0.15) is 6.42 Å². The third kappa shape index (κ3) is 2.45. The molecule has 4 amide bonds. The molecular weight excluding hydrogens is 298 g/mol. The van der Waals surface area contributed by atoms with Crippen LogP contribution in [0.15, 0.2) is 0 Å². The molecule has 8 nitrogen and oxygen atoms in total. The zero-order valence-electron chi connectivity index (χ0n) is 13.4. The van der Waals surface area contributed by atoms with Gasteiger partial charge in [-0.15, -0.1) is 0 Å². The van der Waals surface area contributed by atoms with Crippen molar-refractivity contribution in [2.75, 3.05) is 52.9 Å². The summed E-state index contributed by atoms with van der Waals surface area (Å²) < 4.78 is 0. The Morgan fingerprint density at radius 3 is 2.35 bits per heavy atom. The first-order valence-electron chi connectivity index (χ1n) is 8.34. The van der Waals surface area contributed by atoms with Crippen LogP contribution in [0.4, 0.5) is 4.79 Å². The third-order valence-electron chi connectivity index (χ3n) is 5.50. The van der Waals surface area contributed by atoms with Gasteiger partial charge in [0.1, 0.15) is 0 Å². The van der Waals surface area contributed by atoms with Crippen molar-refractivity contribution in [2.24, 2.45) is 5.92 Å². The van der Waals surface area contributed by atoms with Crippen LogP contribution < -0.4 is 5.32 Å². The van der Waals surface area contributed by atoms with Gasteiger partial charge in [-0.05, 0) is 7.05 Å². The number of nitrogens with zero attached hydrogens (tertiary/aromatic N) is 4. The molecule has 0 saturated carbocycles. The highest BCUT2D eigenvalue weighted by atomic mass is 16.2. The number of amides is 4. The van der Waals surface area contributed by atoms with Gasteiger partial charge in [0.15, 0.2) is 0 Å². The van der Waals surface area contributed by atoms with E-state index in [1.165, 1.54) is 0 Å². The van der Waals surface area contributed by atoms with Crippen LogP contribution in [0, 0.1) is 5.92 Å². The van der Waals surface area contributed by atoms with Gasteiger partial charge in [0, 0.05) is 52.2 Å². The molecule has 1 unspecified atom stereocenters. The van der Waals surface area contributed by atoms with Crippen LogP contribution in [0.2, 0.25) is 0 Å². The van der Waals surface area contributed by atoms with Crippen LogP contribution in [0.3, 0.4) is 0 Å². The van der Waals surface area contributed by atoms with Crippen LogP contribution in [-0.4, -0.2) is 102 Å². The Balaban J connectivity index is 1.29. The number of hydrogen-bond donors (Lipinski definition) is 1. The fraction of sp³-hybridized carbons (Fsp3) is 0.800. The minimum absolute atomic E-state index is 0.0292. The number of likely N-dealkylation sites (tertiary alicyclic amines) is 3. The fourth-order valence-corrected chi connectivity index (χ4v) is 4.04. The van der Waals surface area contributed by atoms with Gasteiger partial charge in [-0.25, -0.2) is 4.79 Å². The van der Waals surface area contributed by atoms with Gasteiger partial charge in [0.2, 0.25) is 11.8 Å². The molecule has 0 aromatic heterocycles. The van der Waals surface area contributed by atoms with Crippen molar-refractivity contribution >= 4 is 17.8 Å². The van der Waals surface area contributed by atoms with E-state index < -0.39 is 0 Å². The number of rotatable bonds is 3. The lowest BCUT2D eigenvalue weighted by atomic mass is 10.0. The molecule has 0 aromatic carbocycles. The third-order valence-corrected chi connectivity index (χ3v) is 5.50. The molecule has 4 heterocycles. The van der Waals surface area contributed by atoms with Gasteiger partial charge in [-0.2, -0.15) is 0 Å². The van der Waals surface area contributed by atoms with Crippen molar-refractivity contribution in [3.05, 3.63) is 0 Å². The SMILES string of the molecule is CN1CC(N2CC(C(=O)N3CC(N4CCNC4=O)C3)CC2=O)C1. The predicted molar refractivity (Wildman–Crippen MR) is 81.6 cm³/mol. The summed E-state index contributed by atoms with van der Waals surface area (Å²) in [6.07, 6.45) is 0.338. The monoisotopic (exact) mass is 321 g/mol. The van der Waals surface area contributed by atoms with E-state index >= 15 is 0 Å². The molecule has 8 heteroatoms. The van der Waals surface area contributed by atoms with Crippen molar-refractivity contribution in [3.8, 4) is 0 Å². The van der Waals surface area contributed by atoms with Crippen molar-refractivity contribution in [3.63, 3.8) is 0 Å². The first kappa shape index (κ1) is 14.7. The number of hydrogen-bond acceptors (Lipinski definition) is 4. The maximum absolute atomic E-state index is 12.6. The van der Waals surface area contributed by atoms with E-state index in [9.17, 15) is 14.4 Å². The molecule has 1 atom stereocenters. The summed E-state index contributed by atoms with van der Waals surface area (Å²) in [5.41, 5.74) is 0. The molecule has 0 radical (unpaired) electrons. The molecule has 4 rings (SSSR count). The normalized spacial score (nSPS) is 29.8. The Morgan fingerprint density at radius 2 is 1.74 bits per heavy atom. The lowest BCUT2D eigenvalue weighted by molar-refractivity contribution is -0.142. The number of likely N-dealkylation sites (N-methyl/N-ethyl adjacent to an activating group) is 1. The zero-order chi connectivity index (χ0) is 16.1. The number of urea groups is 1. The van der Waals surface area contributed by atoms with E-state index in [4.69, 9.17) is 0 Å². The molecular formula is C15H23N5O3. The summed E-state index contributed by atoms with van der Waals surface area (Å²) in [5, 5.41) is 2.79. The minimum Gasteiger partial charge on any atom is -0.338 e. The smallest absolute Gasteiger partial charge is 0.317 e. The van der Waals surface area contributed by atoms with E-state index in [0.717, 1.165) is 19.6 Å². The van der Waals surface area contributed by atoms with E-state index in [2.05, 4.69) is 10.2 Å². The average molecular weight is 321 g/mol. The second-order valence-electron chi connectivity index (χ2n) is 7.14. The first-order valence-corrected chi connectivity index (χ1v) is 8.34. The predicted octanol–water partition coefficient (Wildman–Crippen LogP) is -1.62. The highest BCUT2D eigenvalue weighted by molar-refractivity contribution is 5.90. The largest absolute Gasteiger partial charge is 0.338 e. The van der Waals surface area contributed by atoms with Gasteiger partial charge in [-0.1, -0.05) is 0 Å². The van der Waals surface area contributed by atoms with E-state index in [0.29, 0.717) is 32.6 Å². The average Bonchev–Trinajstić information content (AvgIpc) is 3.00. The zero-order valence-corrected chi connectivity index (χ0v) is 13.4. The Bertz CT molecular complexity index is 541. The fourth-order valence-electron chi connectivity index (χ4n) is 4.04. The van der Waals surface area contributed by atoms with E-state index in [1.54, 1.807) is 9.80 Å². The highest BCUT2D eigenvalue weighted by Crippen LogP contribution is 2.28. The first-order chi connectivity index (χ1) is 11.0.